The number of rotatable bonds is 4. The smallest absolute Gasteiger partial charge is 0.229 e. The summed E-state index contributed by atoms with van der Waals surface area (Å²) in [5.41, 5.74) is 1.76. The summed E-state index contributed by atoms with van der Waals surface area (Å²) in [6.07, 6.45) is 0.395. The number of nitrogens with zero attached hydrogens (tertiary/aromatic N) is 1. The quantitative estimate of drug-likeness (QED) is 0.707. The van der Waals surface area contributed by atoms with Crippen molar-refractivity contribution in [2.45, 2.75) is 43.7 Å². The van der Waals surface area contributed by atoms with Gasteiger partial charge in [0.05, 0.1) is 27.9 Å². The topological polar surface area (TPSA) is 106 Å². The Morgan fingerprint density at radius 3 is 1.77 bits per heavy atom. The second-order valence-electron chi connectivity index (χ2n) is 7.19. The summed E-state index contributed by atoms with van der Waals surface area (Å²) in [5.74, 6) is -0.659. The highest BCUT2D eigenvalue weighted by atomic mass is 32.2. The Morgan fingerprint density at radius 2 is 1.38 bits per heavy atom. The van der Waals surface area contributed by atoms with Gasteiger partial charge in [0.2, 0.25) is 10.0 Å². The van der Waals surface area contributed by atoms with E-state index in [1.165, 1.54) is 10.4 Å². The van der Waals surface area contributed by atoms with Gasteiger partial charge in [-0.2, -0.15) is 4.31 Å². The molecule has 0 radical (unpaired) electrons. The van der Waals surface area contributed by atoms with Gasteiger partial charge in [0.25, 0.3) is 0 Å². The van der Waals surface area contributed by atoms with Gasteiger partial charge < -0.3 is 0 Å². The fraction of sp³-hybridized carbons (Fsp3) is 0.625. The molecule has 1 aromatic carbocycles. The zero-order valence-corrected chi connectivity index (χ0v) is 17.2. The van der Waals surface area contributed by atoms with E-state index in [0.717, 1.165) is 11.1 Å². The van der Waals surface area contributed by atoms with Crippen LogP contribution in [0, 0.1) is 13.8 Å². The highest BCUT2D eigenvalue weighted by Crippen LogP contribution is 2.32. The first kappa shape index (κ1) is 19.8. The van der Waals surface area contributed by atoms with Gasteiger partial charge in [0, 0.05) is 12.1 Å². The third-order valence-corrected chi connectivity index (χ3v) is 10.7. The van der Waals surface area contributed by atoms with Gasteiger partial charge in [-0.25, -0.2) is 25.3 Å². The van der Waals surface area contributed by atoms with E-state index in [9.17, 15) is 25.3 Å². The lowest BCUT2D eigenvalue weighted by atomic mass is 10.1. The summed E-state index contributed by atoms with van der Waals surface area (Å²) in [6, 6.07) is 3.33. The maximum Gasteiger partial charge on any atom is 0.243 e. The molecule has 0 unspecified atom stereocenters. The summed E-state index contributed by atoms with van der Waals surface area (Å²) in [6.45, 7) is 3.68. The number of sulfone groups is 2. The van der Waals surface area contributed by atoms with Crippen molar-refractivity contribution in [2.75, 3.05) is 23.0 Å². The molecule has 0 N–H and O–H groups in total. The van der Waals surface area contributed by atoms with Crippen molar-refractivity contribution in [3.05, 3.63) is 29.3 Å². The second kappa shape index (κ2) is 6.57. The Hall–Kier alpha value is -0.970. The Morgan fingerprint density at radius 1 is 0.885 bits per heavy atom. The van der Waals surface area contributed by atoms with Crippen LogP contribution >= 0.6 is 0 Å². The van der Waals surface area contributed by atoms with Crippen molar-refractivity contribution >= 4 is 29.7 Å². The summed E-state index contributed by atoms with van der Waals surface area (Å²) in [4.78, 5) is 0.0780. The first-order chi connectivity index (χ1) is 11.9. The van der Waals surface area contributed by atoms with Crippen LogP contribution in [-0.2, 0) is 29.7 Å². The molecule has 2 aliphatic heterocycles. The van der Waals surface area contributed by atoms with Crippen molar-refractivity contribution in [2.24, 2.45) is 0 Å². The zero-order chi connectivity index (χ0) is 19.3. The van der Waals surface area contributed by atoms with Crippen molar-refractivity contribution in [3.63, 3.8) is 0 Å². The highest BCUT2D eigenvalue weighted by Gasteiger charge is 2.46. The van der Waals surface area contributed by atoms with E-state index in [1.54, 1.807) is 19.1 Å². The molecule has 2 heterocycles. The Balaban J connectivity index is 2.06. The lowest BCUT2D eigenvalue weighted by molar-refractivity contribution is 0.280. The fourth-order valence-electron chi connectivity index (χ4n) is 3.64. The molecule has 2 atom stereocenters. The van der Waals surface area contributed by atoms with Crippen LogP contribution in [0.2, 0.25) is 0 Å². The SMILES string of the molecule is Cc1ccc(S(=O)(=O)N([C@@H]2CCS(=O)(=O)C2)[C@H]2CCS(=O)(=O)C2)cc1C. The maximum atomic E-state index is 13.3. The third-order valence-electron chi connectivity index (χ3n) is 5.19. The van der Waals surface area contributed by atoms with Crippen LogP contribution in [0.4, 0.5) is 0 Å². The molecule has 26 heavy (non-hydrogen) atoms. The highest BCUT2D eigenvalue weighted by molar-refractivity contribution is 7.92. The number of benzene rings is 1. The van der Waals surface area contributed by atoms with Gasteiger partial charge in [-0.15, -0.1) is 0 Å². The molecule has 3 rings (SSSR count). The summed E-state index contributed by atoms with van der Waals surface area (Å²) in [7, 11) is -10.6. The largest absolute Gasteiger partial charge is 0.243 e. The van der Waals surface area contributed by atoms with E-state index in [1.807, 2.05) is 6.92 Å². The number of hydrogen-bond donors (Lipinski definition) is 0. The van der Waals surface area contributed by atoms with Gasteiger partial charge >= 0.3 is 0 Å². The number of sulfonamides is 1. The first-order valence-electron chi connectivity index (χ1n) is 8.43. The minimum atomic E-state index is -4.00. The molecule has 0 saturated carbocycles. The standard InChI is InChI=1S/C16H23NO6S3/c1-12-3-4-16(9-13(12)2)26(22,23)17(14-5-7-24(18,19)10-14)15-6-8-25(20,21)11-15/h3-4,9,14-15H,5-8,10-11H2,1-2H3/t14-,15+. The zero-order valence-electron chi connectivity index (χ0n) is 14.8. The Kier molecular flexibility index (Phi) is 5.00. The summed E-state index contributed by atoms with van der Waals surface area (Å²) >= 11 is 0. The molecular weight excluding hydrogens is 398 g/mol. The van der Waals surface area contributed by atoms with Gasteiger partial charge in [-0.1, -0.05) is 6.07 Å². The van der Waals surface area contributed by atoms with Gasteiger partial charge in [0.15, 0.2) is 19.7 Å². The van der Waals surface area contributed by atoms with Gasteiger partial charge in [-0.05, 0) is 49.9 Å². The van der Waals surface area contributed by atoms with Gasteiger partial charge in [-0.3, -0.25) is 0 Å². The molecule has 0 aromatic heterocycles. The lowest BCUT2D eigenvalue weighted by Crippen LogP contribution is -2.48. The van der Waals surface area contributed by atoms with Crippen molar-refractivity contribution in [3.8, 4) is 0 Å². The van der Waals surface area contributed by atoms with Crippen LogP contribution in [0.25, 0.3) is 0 Å². The monoisotopic (exact) mass is 421 g/mol. The summed E-state index contributed by atoms with van der Waals surface area (Å²) in [5, 5.41) is 0. The van der Waals surface area contributed by atoms with E-state index in [4.69, 9.17) is 0 Å². The van der Waals surface area contributed by atoms with E-state index >= 15 is 0 Å². The van der Waals surface area contributed by atoms with Crippen LogP contribution in [-0.4, -0.2) is 64.7 Å². The third kappa shape index (κ3) is 3.83. The fourth-order valence-corrected chi connectivity index (χ4v) is 9.20. The molecule has 0 amide bonds. The van der Waals surface area contributed by atoms with Crippen LogP contribution < -0.4 is 0 Å². The molecule has 2 aliphatic rings. The Labute approximate surface area is 155 Å². The lowest BCUT2D eigenvalue weighted by Gasteiger charge is -2.32. The average Bonchev–Trinajstić information content (AvgIpc) is 3.04. The minimum Gasteiger partial charge on any atom is -0.229 e. The predicted octanol–water partition coefficient (Wildman–Crippen LogP) is 0.668. The molecule has 2 fully saturated rings. The molecule has 146 valence electrons. The summed E-state index contributed by atoms with van der Waals surface area (Å²) < 4.78 is 75.5. The predicted molar refractivity (Wildman–Crippen MR) is 99.1 cm³/mol. The average molecular weight is 422 g/mol. The molecule has 7 nitrogen and oxygen atoms in total. The molecule has 10 heteroatoms. The first-order valence-corrected chi connectivity index (χ1v) is 13.5. The van der Waals surface area contributed by atoms with Crippen molar-refractivity contribution in [1.29, 1.82) is 0 Å². The second-order valence-corrected chi connectivity index (χ2v) is 13.5. The van der Waals surface area contributed by atoms with Crippen LogP contribution in [0.3, 0.4) is 0 Å². The molecule has 0 aliphatic carbocycles. The number of aryl methyl sites for hydroxylation is 2. The Bertz CT molecular complexity index is 984. The van der Waals surface area contributed by atoms with Crippen LogP contribution in [0.5, 0.6) is 0 Å². The maximum absolute atomic E-state index is 13.3. The molecule has 0 spiro atoms. The van der Waals surface area contributed by atoms with Crippen molar-refractivity contribution in [1.82, 2.24) is 4.31 Å². The van der Waals surface area contributed by atoms with Crippen molar-refractivity contribution < 1.29 is 25.3 Å². The van der Waals surface area contributed by atoms with E-state index in [-0.39, 0.29) is 40.7 Å². The molecular formula is C16H23NO6S3. The number of hydrogen-bond acceptors (Lipinski definition) is 6. The van der Waals surface area contributed by atoms with E-state index < -0.39 is 41.8 Å². The minimum absolute atomic E-state index is 0.0733. The van der Waals surface area contributed by atoms with E-state index in [2.05, 4.69) is 0 Å². The van der Waals surface area contributed by atoms with Gasteiger partial charge in [0.1, 0.15) is 0 Å². The van der Waals surface area contributed by atoms with Crippen LogP contribution in [0.15, 0.2) is 23.1 Å². The molecule has 1 aromatic rings. The molecule has 0 bridgehead atoms. The normalized spacial score (nSPS) is 27.8. The van der Waals surface area contributed by atoms with E-state index in [0.29, 0.717) is 0 Å². The molecule has 2 saturated heterocycles. The van der Waals surface area contributed by atoms with Crippen LogP contribution in [0.1, 0.15) is 24.0 Å².